The number of aliphatic hydroxyl groups excluding tert-OH is 3. The van der Waals surface area contributed by atoms with Gasteiger partial charge in [-0.25, -0.2) is 0 Å². The number of hydrogen-bond acceptors (Lipinski definition) is 4. The molecular weight excluding hydrogens is 232 g/mol. The highest BCUT2D eigenvalue weighted by Gasteiger charge is 2.22. The summed E-state index contributed by atoms with van der Waals surface area (Å²) in [5.74, 6) is -0.386. The fourth-order valence-electron chi connectivity index (χ4n) is 1.76. The molecule has 0 saturated heterocycles. The van der Waals surface area contributed by atoms with Crippen LogP contribution >= 0.6 is 0 Å². The molecular formula is C14H26O4. The lowest BCUT2D eigenvalue weighted by Crippen LogP contribution is -2.36. The maximum absolute atomic E-state index is 11.4. The molecule has 0 bridgehead atoms. The maximum Gasteiger partial charge on any atom is 0.164 e. The molecule has 0 aromatic carbocycles. The first kappa shape index (κ1) is 17.3. The van der Waals surface area contributed by atoms with E-state index in [0.29, 0.717) is 0 Å². The van der Waals surface area contributed by atoms with Gasteiger partial charge in [0.05, 0.1) is 6.61 Å². The van der Waals surface area contributed by atoms with Crippen LogP contribution < -0.4 is 0 Å². The van der Waals surface area contributed by atoms with Gasteiger partial charge < -0.3 is 15.3 Å². The van der Waals surface area contributed by atoms with Crippen LogP contribution in [0.2, 0.25) is 0 Å². The van der Waals surface area contributed by atoms with Crippen molar-refractivity contribution in [3.05, 3.63) is 12.7 Å². The number of carbonyl (C=O) groups excluding carboxylic acids is 1. The molecule has 2 unspecified atom stereocenters. The van der Waals surface area contributed by atoms with Gasteiger partial charge in [-0.15, -0.1) is 6.58 Å². The highest BCUT2D eigenvalue weighted by molar-refractivity contribution is 5.83. The number of Topliss-reactive ketones (excluding diaryl/α,β-unsaturated/α-hetero) is 1. The molecule has 2 atom stereocenters. The first-order valence-corrected chi connectivity index (χ1v) is 6.74. The van der Waals surface area contributed by atoms with Crippen molar-refractivity contribution in [3.8, 4) is 0 Å². The Bertz CT molecular complexity index is 228. The third kappa shape index (κ3) is 8.39. The van der Waals surface area contributed by atoms with Crippen molar-refractivity contribution in [3.63, 3.8) is 0 Å². The lowest BCUT2D eigenvalue weighted by molar-refractivity contribution is -0.134. The molecule has 0 spiro atoms. The van der Waals surface area contributed by atoms with E-state index in [2.05, 4.69) is 6.58 Å². The van der Waals surface area contributed by atoms with E-state index < -0.39 is 18.8 Å². The summed E-state index contributed by atoms with van der Waals surface area (Å²) in [6.45, 7) is 3.08. The summed E-state index contributed by atoms with van der Waals surface area (Å²) in [6, 6.07) is 0. The highest BCUT2D eigenvalue weighted by Crippen LogP contribution is 2.10. The van der Waals surface area contributed by atoms with Crippen molar-refractivity contribution >= 4 is 5.78 Å². The minimum atomic E-state index is -1.44. The fourth-order valence-corrected chi connectivity index (χ4v) is 1.76. The number of aliphatic hydroxyl groups is 3. The molecule has 18 heavy (non-hydrogen) atoms. The van der Waals surface area contributed by atoms with Gasteiger partial charge in [0.15, 0.2) is 5.78 Å². The van der Waals surface area contributed by atoms with E-state index >= 15 is 0 Å². The van der Waals surface area contributed by atoms with Gasteiger partial charge in [0, 0.05) is 6.42 Å². The average Bonchev–Trinajstić information content (AvgIpc) is 2.39. The Kier molecular flexibility index (Phi) is 10.9. The number of ketones is 1. The second kappa shape index (κ2) is 11.4. The van der Waals surface area contributed by atoms with Crippen molar-refractivity contribution in [2.75, 3.05) is 6.61 Å². The lowest BCUT2D eigenvalue weighted by atomic mass is 10.0. The van der Waals surface area contributed by atoms with Crippen LogP contribution in [0.5, 0.6) is 0 Å². The normalized spacial score (nSPS) is 14.2. The fraction of sp³-hybridized carbons (Fsp3) is 0.786. The second-order valence-electron chi connectivity index (χ2n) is 4.61. The Hall–Kier alpha value is -0.710. The van der Waals surface area contributed by atoms with Gasteiger partial charge in [0.2, 0.25) is 0 Å². The third-order valence-corrected chi connectivity index (χ3v) is 2.96. The topological polar surface area (TPSA) is 77.8 Å². The molecule has 0 fully saturated rings. The van der Waals surface area contributed by atoms with Crippen LogP contribution in [0, 0.1) is 0 Å². The van der Waals surface area contributed by atoms with E-state index in [1.165, 1.54) is 12.8 Å². The van der Waals surface area contributed by atoms with Crippen molar-refractivity contribution in [1.29, 1.82) is 0 Å². The molecule has 4 nitrogen and oxygen atoms in total. The van der Waals surface area contributed by atoms with Gasteiger partial charge in [-0.1, -0.05) is 31.8 Å². The van der Waals surface area contributed by atoms with E-state index in [-0.39, 0.29) is 12.2 Å². The number of hydrogen-bond donors (Lipinski definition) is 3. The lowest BCUT2D eigenvalue weighted by Gasteiger charge is -2.13. The maximum atomic E-state index is 11.4. The van der Waals surface area contributed by atoms with Crippen LogP contribution in [-0.2, 0) is 4.79 Å². The molecule has 0 heterocycles. The number of carbonyl (C=O) groups is 1. The summed E-state index contributed by atoms with van der Waals surface area (Å²) in [5, 5.41) is 27.0. The minimum absolute atomic E-state index is 0.269. The van der Waals surface area contributed by atoms with Crippen LogP contribution in [0.4, 0.5) is 0 Å². The zero-order valence-corrected chi connectivity index (χ0v) is 11.1. The quantitative estimate of drug-likeness (QED) is 0.367. The predicted octanol–water partition coefficient (Wildman–Crippen LogP) is 1.58. The Morgan fingerprint density at radius 3 is 2.17 bits per heavy atom. The van der Waals surface area contributed by atoms with Crippen LogP contribution in [0.3, 0.4) is 0 Å². The van der Waals surface area contributed by atoms with Crippen molar-refractivity contribution < 1.29 is 20.1 Å². The molecule has 0 aromatic rings. The Morgan fingerprint density at radius 2 is 1.61 bits per heavy atom. The molecule has 0 amide bonds. The molecule has 0 aliphatic carbocycles. The van der Waals surface area contributed by atoms with Gasteiger partial charge in [0.25, 0.3) is 0 Å². The standard InChI is InChI=1S/C14H26O4/c1-2-3-4-5-6-7-8-9-10-12(16)14(18)13(17)11-15/h2,13-15,17-18H,1,3-11H2. The third-order valence-electron chi connectivity index (χ3n) is 2.96. The Labute approximate surface area is 109 Å². The van der Waals surface area contributed by atoms with E-state index in [9.17, 15) is 9.90 Å². The summed E-state index contributed by atoms with van der Waals surface area (Å²) in [4.78, 5) is 11.4. The van der Waals surface area contributed by atoms with Gasteiger partial charge >= 0.3 is 0 Å². The molecule has 106 valence electrons. The Balaban J connectivity index is 3.43. The summed E-state index contributed by atoms with van der Waals surface area (Å²) in [5.41, 5.74) is 0. The van der Waals surface area contributed by atoms with Crippen molar-refractivity contribution in [1.82, 2.24) is 0 Å². The number of rotatable bonds is 12. The van der Waals surface area contributed by atoms with Gasteiger partial charge in [-0.05, 0) is 19.3 Å². The van der Waals surface area contributed by atoms with Gasteiger partial charge in [-0.3, -0.25) is 4.79 Å². The number of allylic oxidation sites excluding steroid dienone is 1. The smallest absolute Gasteiger partial charge is 0.164 e. The Morgan fingerprint density at radius 1 is 1.06 bits per heavy atom. The summed E-state index contributed by atoms with van der Waals surface area (Å²) in [6.07, 6.45) is 6.75. The average molecular weight is 258 g/mol. The second-order valence-corrected chi connectivity index (χ2v) is 4.61. The summed E-state index contributed by atoms with van der Waals surface area (Å²) in [7, 11) is 0. The molecule has 0 radical (unpaired) electrons. The van der Waals surface area contributed by atoms with Gasteiger partial charge in [-0.2, -0.15) is 0 Å². The van der Waals surface area contributed by atoms with Crippen molar-refractivity contribution in [2.24, 2.45) is 0 Å². The first-order chi connectivity index (χ1) is 8.63. The molecule has 0 aromatic heterocycles. The number of unbranched alkanes of at least 4 members (excludes halogenated alkanes) is 6. The van der Waals surface area contributed by atoms with E-state index in [1.54, 1.807) is 0 Å². The van der Waals surface area contributed by atoms with E-state index in [1.807, 2.05) is 6.08 Å². The molecule has 0 aliphatic rings. The van der Waals surface area contributed by atoms with E-state index in [0.717, 1.165) is 32.1 Å². The highest BCUT2D eigenvalue weighted by atomic mass is 16.4. The zero-order chi connectivity index (χ0) is 13.8. The summed E-state index contributed by atoms with van der Waals surface area (Å²) >= 11 is 0. The van der Waals surface area contributed by atoms with Crippen LogP contribution in [0.1, 0.15) is 51.4 Å². The monoisotopic (exact) mass is 258 g/mol. The SMILES string of the molecule is C=CCCCCCCCCC(=O)C(O)C(O)CO. The molecule has 3 N–H and O–H groups in total. The molecule has 0 saturated carbocycles. The zero-order valence-electron chi connectivity index (χ0n) is 11.1. The van der Waals surface area contributed by atoms with Crippen LogP contribution in [-0.4, -0.2) is 39.9 Å². The van der Waals surface area contributed by atoms with Crippen LogP contribution in [0.25, 0.3) is 0 Å². The van der Waals surface area contributed by atoms with Crippen LogP contribution in [0.15, 0.2) is 12.7 Å². The summed E-state index contributed by atoms with van der Waals surface area (Å²) < 4.78 is 0. The first-order valence-electron chi connectivity index (χ1n) is 6.74. The molecule has 0 rings (SSSR count). The molecule has 0 aliphatic heterocycles. The van der Waals surface area contributed by atoms with E-state index in [4.69, 9.17) is 10.2 Å². The largest absolute Gasteiger partial charge is 0.394 e. The van der Waals surface area contributed by atoms with Gasteiger partial charge in [0.1, 0.15) is 12.2 Å². The minimum Gasteiger partial charge on any atom is -0.394 e. The predicted molar refractivity (Wildman–Crippen MR) is 71.2 cm³/mol. The van der Waals surface area contributed by atoms with Crippen molar-refractivity contribution in [2.45, 2.75) is 63.6 Å². The molecule has 4 heteroatoms.